The van der Waals surface area contributed by atoms with E-state index in [4.69, 9.17) is 16.3 Å². The standard InChI is InChI=1S/C22H25ClN4O4/c1-31-11-8-24-22(28)17-13-15-12-16(27(29)30)6-7-19(15)26-10-9-25(14-21(17)26)20-5-3-2-4-18(20)23/h2-7,12,17,21H,8-11,13-14H2,1H3,(H,24,28)/t17-,21+/m0/s1. The number of ether oxygens (including phenoxy) is 1. The average molecular weight is 445 g/mol. The van der Waals surface area contributed by atoms with Gasteiger partial charge in [-0.15, -0.1) is 0 Å². The van der Waals surface area contributed by atoms with Gasteiger partial charge >= 0.3 is 0 Å². The van der Waals surface area contributed by atoms with E-state index in [1.54, 1.807) is 13.2 Å². The molecule has 0 spiro atoms. The number of fused-ring (bicyclic) bond motifs is 3. The van der Waals surface area contributed by atoms with E-state index < -0.39 is 4.92 Å². The van der Waals surface area contributed by atoms with Gasteiger partial charge in [-0.05, 0) is 30.2 Å². The van der Waals surface area contributed by atoms with Crippen molar-refractivity contribution in [2.24, 2.45) is 5.92 Å². The SMILES string of the molecule is COCCNC(=O)[C@H]1Cc2cc([N+](=O)[O-])ccc2N2CCN(c3ccccc3Cl)C[C@H]12. The molecular formula is C22H25ClN4O4. The Hall–Kier alpha value is -2.84. The highest BCUT2D eigenvalue weighted by Gasteiger charge is 2.42. The Kier molecular flexibility index (Phi) is 6.29. The number of non-ortho nitro benzene ring substituents is 1. The third-order valence-electron chi connectivity index (χ3n) is 6.04. The number of nitro benzene ring substituents is 1. The summed E-state index contributed by atoms with van der Waals surface area (Å²) in [6.45, 7) is 2.94. The first-order chi connectivity index (χ1) is 15.0. The van der Waals surface area contributed by atoms with Gasteiger partial charge in [0.1, 0.15) is 0 Å². The van der Waals surface area contributed by atoms with Crippen molar-refractivity contribution in [1.82, 2.24) is 5.32 Å². The third kappa shape index (κ3) is 4.31. The Bertz CT molecular complexity index is 986. The van der Waals surface area contributed by atoms with E-state index in [2.05, 4.69) is 15.1 Å². The molecule has 0 saturated carbocycles. The van der Waals surface area contributed by atoms with Crippen LogP contribution < -0.4 is 15.1 Å². The van der Waals surface area contributed by atoms with Crippen LogP contribution in [0.25, 0.3) is 0 Å². The molecule has 4 rings (SSSR count). The van der Waals surface area contributed by atoms with Crippen LogP contribution in [0.5, 0.6) is 0 Å². The largest absolute Gasteiger partial charge is 0.383 e. The molecule has 2 aromatic rings. The first-order valence-electron chi connectivity index (χ1n) is 10.3. The summed E-state index contributed by atoms with van der Waals surface area (Å²) < 4.78 is 5.05. The summed E-state index contributed by atoms with van der Waals surface area (Å²) in [7, 11) is 1.59. The van der Waals surface area contributed by atoms with E-state index in [1.165, 1.54) is 6.07 Å². The van der Waals surface area contributed by atoms with Gasteiger partial charge in [0.15, 0.2) is 0 Å². The van der Waals surface area contributed by atoms with Crippen molar-refractivity contribution in [3.8, 4) is 0 Å². The Morgan fingerprint density at radius 2 is 2.06 bits per heavy atom. The highest BCUT2D eigenvalue weighted by molar-refractivity contribution is 6.33. The monoisotopic (exact) mass is 444 g/mol. The van der Waals surface area contributed by atoms with Crippen molar-refractivity contribution >= 4 is 34.6 Å². The van der Waals surface area contributed by atoms with Gasteiger partial charge < -0.3 is 19.9 Å². The van der Waals surface area contributed by atoms with Crippen LogP contribution >= 0.6 is 11.6 Å². The molecule has 2 aliphatic rings. The second kappa shape index (κ2) is 9.11. The molecule has 2 atom stereocenters. The Morgan fingerprint density at radius 1 is 1.26 bits per heavy atom. The molecule has 0 unspecified atom stereocenters. The van der Waals surface area contributed by atoms with Gasteiger partial charge in [0.25, 0.3) is 5.69 Å². The quantitative estimate of drug-likeness (QED) is 0.418. The van der Waals surface area contributed by atoms with Crippen molar-refractivity contribution in [2.75, 3.05) is 49.7 Å². The molecule has 0 aromatic heterocycles. The number of nitrogens with zero attached hydrogens (tertiary/aromatic N) is 3. The number of hydrogen-bond acceptors (Lipinski definition) is 6. The van der Waals surface area contributed by atoms with Crippen molar-refractivity contribution in [1.29, 1.82) is 0 Å². The number of anilines is 2. The molecule has 1 fully saturated rings. The maximum atomic E-state index is 13.1. The molecule has 8 nitrogen and oxygen atoms in total. The summed E-state index contributed by atoms with van der Waals surface area (Å²) in [6.07, 6.45) is 0.452. The molecule has 1 saturated heterocycles. The van der Waals surface area contributed by atoms with Crippen molar-refractivity contribution in [3.05, 3.63) is 63.2 Å². The van der Waals surface area contributed by atoms with Crippen LogP contribution in [0.1, 0.15) is 5.56 Å². The smallest absolute Gasteiger partial charge is 0.269 e. The number of carbonyl (C=O) groups excluding carboxylic acids is 1. The summed E-state index contributed by atoms with van der Waals surface area (Å²) in [5, 5.41) is 14.9. The number of piperazine rings is 1. The van der Waals surface area contributed by atoms with E-state index in [9.17, 15) is 14.9 Å². The summed E-state index contributed by atoms with van der Waals surface area (Å²) in [5.74, 6) is -0.401. The highest BCUT2D eigenvalue weighted by atomic mass is 35.5. The van der Waals surface area contributed by atoms with E-state index in [0.717, 1.165) is 23.5 Å². The molecule has 164 valence electrons. The number of benzene rings is 2. The second-order valence-electron chi connectivity index (χ2n) is 7.82. The highest BCUT2D eigenvalue weighted by Crippen LogP contribution is 2.39. The third-order valence-corrected chi connectivity index (χ3v) is 6.36. The van der Waals surface area contributed by atoms with Crippen LogP contribution in [0.3, 0.4) is 0 Å². The van der Waals surface area contributed by atoms with Crippen LogP contribution in [0.2, 0.25) is 5.02 Å². The fraction of sp³-hybridized carbons (Fsp3) is 0.409. The number of hydrogen-bond donors (Lipinski definition) is 1. The molecule has 0 aliphatic carbocycles. The van der Waals surface area contributed by atoms with E-state index in [1.807, 2.05) is 30.3 Å². The fourth-order valence-corrected chi connectivity index (χ4v) is 4.81. The van der Waals surface area contributed by atoms with Crippen LogP contribution in [-0.4, -0.2) is 56.8 Å². The van der Waals surface area contributed by atoms with Crippen LogP contribution in [0, 0.1) is 16.0 Å². The Labute approximate surface area is 185 Å². The lowest BCUT2D eigenvalue weighted by Crippen LogP contribution is -2.61. The van der Waals surface area contributed by atoms with Crippen LogP contribution in [0.15, 0.2) is 42.5 Å². The summed E-state index contributed by atoms with van der Waals surface area (Å²) in [4.78, 5) is 28.4. The van der Waals surface area contributed by atoms with Crippen LogP contribution in [-0.2, 0) is 16.0 Å². The van der Waals surface area contributed by atoms with E-state index >= 15 is 0 Å². The maximum absolute atomic E-state index is 13.1. The van der Waals surface area contributed by atoms with Crippen LogP contribution in [0.4, 0.5) is 17.1 Å². The molecule has 0 radical (unpaired) electrons. The number of amides is 1. The van der Waals surface area contributed by atoms with Crippen molar-refractivity contribution < 1.29 is 14.5 Å². The topological polar surface area (TPSA) is 87.9 Å². The molecule has 2 aromatic carbocycles. The van der Waals surface area contributed by atoms with Gasteiger partial charge in [0.05, 0.1) is 34.2 Å². The van der Waals surface area contributed by atoms with Crippen molar-refractivity contribution in [2.45, 2.75) is 12.5 Å². The molecule has 1 N–H and O–H groups in total. The van der Waals surface area contributed by atoms with E-state index in [-0.39, 0.29) is 23.6 Å². The van der Waals surface area contributed by atoms with Gasteiger partial charge in [0, 0.05) is 51.1 Å². The summed E-state index contributed by atoms with van der Waals surface area (Å²) >= 11 is 6.43. The van der Waals surface area contributed by atoms with Crippen molar-refractivity contribution in [3.63, 3.8) is 0 Å². The average Bonchev–Trinajstić information content (AvgIpc) is 2.78. The Morgan fingerprint density at radius 3 is 2.81 bits per heavy atom. The zero-order chi connectivity index (χ0) is 22.0. The van der Waals surface area contributed by atoms with Gasteiger partial charge in [-0.25, -0.2) is 0 Å². The number of halogens is 1. The minimum absolute atomic E-state index is 0.0467. The zero-order valence-corrected chi connectivity index (χ0v) is 18.0. The number of para-hydroxylation sites is 1. The van der Waals surface area contributed by atoms with Gasteiger partial charge in [-0.2, -0.15) is 0 Å². The first-order valence-corrected chi connectivity index (χ1v) is 10.7. The Balaban J connectivity index is 1.65. The zero-order valence-electron chi connectivity index (χ0n) is 17.3. The van der Waals surface area contributed by atoms with Gasteiger partial charge in [0.2, 0.25) is 5.91 Å². The van der Waals surface area contributed by atoms with Gasteiger partial charge in [-0.1, -0.05) is 23.7 Å². The van der Waals surface area contributed by atoms with Gasteiger partial charge in [-0.3, -0.25) is 14.9 Å². The minimum Gasteiger partial charge on any atom is -0.383 e. The first kappa shape index (κ1) is 21.4. The normalized spacial score (nSPS) is 20.1. The predicted octanol–water partition coefficient (Wildman–Crippen LogP) is 2.88. The molecule has 31 heavy (non-hydrogen) atoms. The number of carbonyl (C=O) groups is 1. The predicted molar refractivity (Wildman–Crippen MR) is 120 cm³/mol. The fourth-order valence-electron chi connectivity index (χ4n) is 4.56. The number of rotatable bonds is 6. The molecular weight excluding hydrogens is 420 g/mol. The molecule has 9 heteroatoms. The molecule has 2 heterocycles. The molecule has 0 bridgehead atoms. The lowest BCUT2D eigenvalue weighted by atomic mass is 9.83. The van der Waals surface area contributed by atoms with E-state index in [0.29, 0.717) is 37.7 Å². The summed E-state index contributed by atoms with van der Waals surface area (Å²) in [6, 6.07) is 12.6. The minimum atomic E-state index is -0.393. The molecule has 2 aliphatic heterocycles. The molecule has 1 amide bonds. The summed E-state index contributed by atoms with van der Waals surface area (Å²) in [5.41, 5.74) is 2.81. The number of methoxy groups -OCH3 is 1. The maximum Gasteiger partial charge on any atom is 0.269 e. The lowest BCUT2D eigenvalue weighted by Gasteiger charge is -2.49. The number of nitrogens with one attached hydrogen (secondary N) is 1. The number of nitro groups is 1. The second-order valence-corrected chi connectivity index (χ2v) is 8.23. The lowest BCUT2D eigenvalue weighted by molar-refractivity contribution is -0.384.